The molecule has 0 radical (unpaired) electrons. The van der Waals surface area contributed by atoms with E-state index in [4.69, 9.17) is 9.47 Å². The van der Waals surface area contributed by atoms with Gasteiger partial charge in [-0.2, -0.15) is 0 Å². The van der Waals surface area contributed by atoms with Gasteiger partial charge in [0.25, 0.3) is 0 Å². The number of ether oxygens (including phenoxy) is 2. The molecule has 1 aliphatic rings. The molecule has 0 spiro atoms. The maximum atomic E-state index is 6.24. The molecule has 0 aromatic carbocycles. The van der Waals surface area contributed by atoms with Crippen LogP contribution in [0.3, 0.4) is 0 Å². The Labute approximate surface area is 113 Å². The van der Waals surface area contributed by atoms with Crippen molar-refractivity contribution in [2.24, 2.45) is 10.8 Å². The third-order valence-electron chi connectivity index (χ3n) is 4.87. The van der Waals surface area contributed by atoms with Crippen LogP contribution < -0.4 is 0 Å². The zero-order chi connectivity index (χ0) is 13.9. The van der Waals surface area contributed by atoms with Crippen molar-refractivity contribution in [2.75, 3.05) is 13.2 Å². The molecule has 0 bridgehead atoms. The third kappa shape index (κ3) is 2.46. The van der Waals surface area contributed by atoms with Crippen molar-refractivity contribution < 1.29 is 9.47 Å². The predicted octanol–water partition coefficient (Wildman–Crippen LogP) is 4.77. The fourth-order valence-electron chi connectivity index (χ4n) is 3.76. The summed E-state index contributed by atoms with van der Waals surface area (Å²) in [4.78, 5) is 0. The Balaban J connectivity index is 3.15. The first-order valence-corrected chi connectivity index (χ1v) is 7.67. The number of rotatable bonds is 7. The van der Waals surface area contributed by atoms with Crippen molar-refractivity contribution in [2.45, 2.75) is 79.4 Å². The topological polar surface area (TPSA) is 18.5 Å². The molecule has 1 aliphatic heterocycles. The summed E-state index contributed by atoms with van der Waals surface area (Å²) in [5, 5.41) is 0. The molecule has 0 unspecified atom stereocenters. The second-order valence-electron chi connectivity index (χ2n) is 6.61. The SMILES string of the molecule is CCCC(C)(CCC)C1(C(C)(C)CC)OCCO1. The van der Waals surface area contributed by atoms with Gasteiger partial charge in [0.05, 0.1) is 13.2 Å². The van der Waals surface area contributed by atoms with E-state index in [1.165, 1.54) is 25.7 Å². The molecule has 0 aromatic heterocycles. The normalized spacial score (nSPS) is 20.3. The fraction of sp³-hybridized carbons (Fsp3) is 1.00. The Morgan fingerprint density at radius 1 is 0.889 bits per heavy atom. The maximum Gasteiger partial charge on any atom is 0.178 e. The molecular weight excluding hydrogens is 224 g/mol. The van der Waals surface area contributed by atoms with Gasteiger partial charge in [-0.1, -0.05) is 54.4 Å². The lowest BCUT2D eigenvalue weighted by Crippen LogP contribution is -2.57. The summed E-state index contributed by atoms with van der Waals surface area (Å²) >= 11 is 0. The van der Waals surface area contributed by atoms with Gasteiger partial charge in [-0.3, -0.25) is 0 Å². The first kappa shape index (κ1) is 16.0. The highest BCUT2D eigenvalue weighted by Crippen LogP contribution is 2.55. The summed E-state index contributed by atoms with van der Waals surface area (Å²) in [6.45, 7) is 15.2. The highest BCUT2D eigenvalue weighted by atomic mass is 16.7. The summed E-state index contributed by atoms with van der Waals surface area (Å²) in [7, 11) is 0. The third-order valence-corrected chi connectivity index (χ3v) is 4.87. The zero-order valence-corrected chi connectivity index (χ0v) is 13.3. The van der Waals surface area contributed by atoms with E-state index in [2.05, 4.69) is 41.5 Å². The average molecular weight is 256 g/mol. The molecule has 108 valence electrons. The van der Waals surface area contributed by atoms with Crippen LogP contribution in [0.2, 0.25) is 0 Å². The van der Waals surface area contributed by atoms with E-state index in [0.717, 1.165) is 19.6 Å². The van der Waals surface area contributed by atoms with E-state index in [1.807, 2.05) is 0 Å². The Morgan fingerprint density at radius 3 is 1.67 bits per heavy atom. The first-order valence-electron chi connectivity index (χ1n) is 7.67. The minimum absolute atomic E-state index is 0.0581. The van der Waals surface area contributed by atoms with Gasteiger partial charge in [0, 0.05) is 10.8 Å². The Morgan fingerprint density at radius 2 is 1.33 bits per heavy atom. The molecule has 1 rings (SSSR count). The predicted molar refractivity (Wildman–Crippen MR) is 76.6 cm³/mol. The van der Waals surface area contributed by atoms with Crippen LogP contribution in [0.5, 0.6) is 0 Å². The van der Waals surface area contributed by atoms with Gasteiger partial charge in [0.2, 0.25) is 0 Å². The number of hydrogen-bond acceptors (Lipinski definition) is 2. The summed E-state index contributed by atoms with van der Waals surface area (Å²) in [5.74, 6) is -0.402. The van der Waals surface area contributed by atoms with E-state index >= 15 is 0 Å². The number of hydrogen-bond donors (Lipinski definition) is 0. The molecular formula is C16H32O2. The highest BCUT2D eigenvalue weighted by Gasteiger charge is 2.59. The molecule has 0 aliphatic carbocycles. The van der Waals surface area contributed by atoms with E-state index < -0.39 is 5.79 Å². The molecule has 2 heteroatoms. The monoisotopic (exact) mass is 256 g/mol. The minimum atomic E-state index is -0.402. The summed E-state index contributed by atoms with van der Waals surface area (Å²) in [5.41, 5.74) is 0.176. The van der Waals surface area contributed by atoms with Gasteiger partial charge >= 0.3 is 0 Å². The highest BCUT2D eigenvalue weighted by molar-refractivity contribution is 5.01. The summed E-state index contributed by atoms with van der Waals surface area (Å²) in [6, 6.07) is 0. The lowest BCUT2D eigenvalue weighted by atomic mass is 9.62. The van der Waals surface area contributed by atoms with Gasteiger partial charge < -0.3 is 9.47 Å². The molecule has 0 aromatic rings. The maximum absolute atomic E-state index is 6.24. The molecule has 0 atom stereocenters. The Hall–Kier alpha value is -0.0800. The van der Waals surface area contributed by atoms with Crippen LogP contribution in [0.15, 0.2) is 0 Å². The van der Waals surface area contributed by atoms with Gasteiger partial charge in [0.15, 0.2) is 5.79 Å². The molecule has 1 saturated heterocycles. The van der Waals surface area contributed by atoms with E-state index in [9.17, 15) is 0 Å². The van der Waals surface area contributed by atoms with Crippen molar-refractivity contribution in [3.05, 3.63) is 0 Å². The van der Waals surface area contributed by atoms with Crippen LogP contribution in [0.25, 0.3) is 0 Å². The Bertz CT molecular complexity index is 246. The lowest BCUT2D eigenvalue weighted by Gasteiger charge is -2.53. The molecule has 2 nitrogen and oxygen atoms in total. The molecule has 1 fully saturated rings. The molecule has 0 saturated carbocycles. The molecule has 0 amide bonds. The minimum Gasteiger partial charge on any atom is -0.346 e. The van der Waals surface area contributed by atoms with E-state index in [0.29, 0.717) is 0 Å². The molecule has 18 heavy (non-hydrogen) atoms. The molecule has 0 N–H and O–H groups in total. The van der Waals surface area contributed by atoms with Gasteiger partial charge in [-0.15, -0.1) is 0 Å². The van der Waals surface area contributed by atoms with Crippen LogP contribution >= 0.6 is 0 Å². The van der Waals surface area contributed by atoms with Crippen molar-refractivity contribution in [1.29, 1.82) is 0 Å². The second kappa shape index (κ2) is 5.92. The standard InChI is InChI=1S/C16H32O2/c1-7-10-15(6,11-8-2)16(14(4,5)9-3)17-12-13-18-16/h7-13H2,1-6H3. The zero-order valence-electron chi connectivity index (χ0n) is 13.3. The average Bonchev–Trinajstić information content (AvgIpc) is 2.81. The van der Waals surface area contributed by atoms with Crippen molar-refractivity contribution in [3.63, 3.8) is 0 Å². The Kier molecular flexibility index (Phi) is 5.25. The summed E-state index contributed by atoms with van der Waals surface area (Å²) < 4.78 is 12.5. The lowest BCUT2D eigenvalue weighted by molar-refractivity contribution is -0.298. The largest absolute Gasteiger partial charge is 0.346 e. The second-order valence-corrected chi connectivity index (χ2v) is 6.61. The first-order chi connectivity index (χ1) is 8.39. The van der Waals surface area contributed by atoms with Gasteiger partial charge in [0.1, 0.15) is 0 Å². The van der Waals surface area contributed by atoms with Crippen LogP contribution in [0.4, 0.5) is 0 Å². The van der Waals surface area contributed by atoms with Crippen molar-refractivity contribution in [1.82, 2.24) is 0 Å². The van der Waals surface area contributed by atoms with Crippen molar-refractivity contribution >= 4 is 0 Å². The smallest absolute Gasteiger partial charge is 0.178 e. The van der Waals surface area contributed by atoms with Crippen LogP contribution in [-0.4, -0.2) is 19.0 Å². The van der Waals surface area contributed by atoms with Gasteiger partial charge in [-0.25, -0.2) is 0 Å². The van der Waals surface area contributed by atoms with E-state index in [-0.39, 0.29) is 10.8 Å². The quantitative estimate of drug-likeness (QED) is 0.653. The molecule has 1 heterocycles. The van der Waals surface area contributed by atoms with Crippen LogP contribution in [0, 0.1) is 10.8 Å². The fourth-order valence-corrected chi connectivity index (χ4v) is 3.76. The van der Waals surface area contributed by atoms with Crippen molar-refractivity contribution in [3.8, 4) is 0 Å². The van der Waals surface area contributed by atoms with Gasteiger partial charge in [-0.05, 0) is 19.3 Å². The van der Waals surface area contributed by atoms with E-state index in [1.54, 1.807) is 0 Å². The van der Waals surface area contributed by atoms with Crippen LogP contribution in [0.1, 0.15) is 73.6 Å². The van der Waals surface area contributed by atoms with Crippen LogP contribution in [-0.2, 0) is 9.47 Å². The summed E-state index contributed by atoms with van der Waals surface area (Å²) in [6.07, 6.45) is 5.79.